The Morgan fingerprint density at radius 3 is 2.00 bits per heavy atom. The molecule has 4 saturated carbocycles. The molecule has 0 radical (unpaired) electrons. The van der Waals surface area contributed by atoms with Gasteiger partial charge in [0.2, 0.25) is 0 Å². The average molecular weight is 275 g/mol. The number of likely N-dealkylation sites (tertiary alicyclic amines) is 1. The number of hydrogen-bond acceptors (Lipinski definition) is 2. The molecule has 2 nitrogen and oxygen atoms in total. The van der Waals surface area contributed by atoms with Gasteiger partial charge in [0.15, 0.2) is 0 Å². The Kier molecular flexibility index (Phi) is 3.03. The second-order valence-corrected chi connectivity index (χ2v) is 8.74. The zero-order valence-corrected chi connectivity index (χ0v) is 13.1. The van der Waals surface area contributed by atoms with Crippen molar-refractivity contribution in [2.45, 2.75) is 64.8 Å². The normalized spacial score (nSPS) is 44.0. The molecule has 0 aromatic rings. The van der Waals surface area contributed by atoms with Gasteiger partial charge in [-0.15, -0.1) is 0 Å². The first-order valence-electron chi connectivity index (χ1n) is 8.81. The van der Waals surface area contributed by atoms with Crippen LogP contribution in [0.5, 0.6) is 0 Å². The van der Waals surface area contributed by atoms with Gasteiger partial charge in [0.1, 0.15) is 5.78 Å². The molecule has 112 valence electrons. The quantitative estimate of drug-likeness (QED) is 0.782. The number of rotatable bonds is 4. The molecule has 0 amide bonds. The van der Waals surface area contributed by atoms with Crippen molar-refractivity contribution in [2.24, 2.45) is 29.1 Å². The third kappa shape index (κ3) is 2.06. The smallest absolute Gasteiger partial charge is 0.139 e. The van der Waals surface area contributed by atoms with Crippen LogP contribution in [-0.2, 0) is 4.79 Å². The Balaban J connectivity index is 1.39. The first kappa shape index (κ1) is 13.3. The van der Waals surface area contributed by atoms with Crippen LogP contribution in [0.15, 0.2) is 0 Å². The van der Waals surface area contributed by atoms with Crippen molar-refractivity contribution in [3.05, 3.63) is 0 Å². The Labute approximate surface area is 123 Å². The Hall–Kier alpha value is -0.370. The van der Waals surface area contributed by atoms with Crippen molar-refractivity contribution in [1.82, 2.24) is 4.90 Å². The highest BCUT2D eigenvalue weighted by Gasteiger charge is 2.54. The minimum absolute atomic E-state index is 0.146. The van der Waals surface area contributed by atoms with E-state index in [2.05, 4.69) is 18.7 Å². The Bertz CT molecular complexity index is 372. The molecule has 0 spiro atoms. The molecule has 0 aromatic carbocycles. The van der Waals surface area contributed by atoms with Crippen LogP contribution in [-0.4, -0.2) is 29.8 Å². The van der Waals surface area contributed by atoms with E-state index < -0.39 is 0 Å². The lowest BCUT2D eigenvalue weighted by Gasteiger charge is -2.56. The molecular formula is C18H29NO. The second kappa shape index (κ2) is 4.56. The van der Waals surface area contributed by atoms with Gasteiger partial charge in [0.25, 0.3) is 0 Å². The molecule has 1 heterocycles. The van der Waals surface area contributed by atoms with Gasteiger partial charge in [0.05, 0.1) is 0 Å². The maximum atomic E-state index is 13.0. The lowest BCUT2D eigenvalue weighted by molar-refractivity contribution is -0.146. The zero-order valence-electron chi connectivity index (χ0n) is 13.1. The summed E-state index contributed by atoms with van der Waals surface area (Å²) in [6.45, 7) is 6.85. The molecule has 4 aliphatic carbocycles. The van der Waals surface area contributed by atoms with Crippen LogP contribution in [0, 0.1) is 29.1 Å². The number of carbonyl (C=O) groups excluding carboxylic acids is 1. The fourth-order valence-corrected chi connectivity index (χ4v) is 6.09. The fraction of sp³-hybridized carbons (Fsp3) is 0.944. The third-order valence-corrected chi connectivity index (χ3v) is 6.82. The van der Waals surface area contributed by atoms with Crippen LogP contribution in [0.1, 0.15) is 58.8 Å². The maximum Gasteiger partial charge on any atom is 0.139 e. The fourth-order valence-electron chi connectivity index (χ4n) is 6.09. The standard InChI is InChI=1S/C18H29NO/c1-12(2)19-10-16(11-19)6-17(20)18-7-13-3-14(8-18)5-15(4-13)9-18/h12-16H,3-11H2,1-2H3. The monoisotopic (exact) mass is 275 g/mol. The molecule has 0 unspecified atom stereocenters. The minimum Gasteiger partial charge on any atom is -0.300 e. The highest BCUT2D eigenvalue weighted by Crippen LogP contribution is 2.60. The average Bonchev–Trinajstić information content (AvgIpc) is 2.30. The largest absolute Gasteiger partial charge is 0.300 e. The van der Waals surface area contributed by atoms with Crippen LogP contribution in [0.4, 0.5) is 0 Å². The van der Waals surface area contributed by atoms with E-state index in [0.29, 0.717) is 17.7 Å². The van der Waals surface area contributed by atoms with E-state index in [1.165, 1.54) is 38.5 Å². The van der Waals surface area contributed by atoms with E-state index in [4.69, 9.17) is 0 Å². The third-order valence-electron chi connectivity index (χ3n) is 6.82. The van der Waals surface area contributed by atoms with E-state index in [1.54, 1.807) is 0 Å². The van der Waals surface area contributed by atoms with Gasteiger partial charge in [-0.3, -0.25) is 4.79 Å². The molecule has 0 N–H and O–H groups in total. The molecule has 5 rings (SSSR count). The lowest BCUT2D eigenvalue weighted by atomic mass is 9.48. The van der Waals surface area contributed by atoms with Crippen LogP contribution in [0.2, 0.25) is 0 Å². The number of nitrogens with zero attached hydrogens (tertiary/aromatic N) is 1. The van der Waals surface area contributed by atoms with E-state index in [0.717, 1.165) is 37.3 Å². The summed E-state index contributed by atoms with van der Waals surface area (Å²) < 4.78 is 0. The zero-order chi connectivity index (χ0) is 13.9. The summed E-state index contributed by atoms with van der Waals surface area (Å²) in [7, 11) is 0. The van der Waals surface area contributed by atoms with Crippen molar-refractivity contribution in [3.63, 3.8) is 0 Å². The molecule has 4 bridgehead atoms. The summed E-state index contributed by atoms with van der Waals surface area (Å²) in [4.78, 5) is 15.5. The second-order valence-electron chi connectivity index (χ2n) is 8.74. The molecule has 20 heavy (non-hydrogen) atoms. The van der Waals surface area contributed by atoms with Crippen LogP contribution >= 0.6 is 0 Å². The van der Waals surface area contributed by atoms with Crippen molar-refractivity contribution in [1.29, 1.82) is 0 Å². The van der Waals surface area contributed by atoms with Gasteiger partial charge in [0, 0.05) is 31.0 Å². The van der Waals surface area contributed by atoms with Crippen LogP contribution in [0.3, 0.4) is 0 Å². The van der Waals surface area contributed by atoms with Gasteiger partial charge < -0.3 is 4.90 Å². The predicted octanol–water partition coefficient (Wildman–Crippen LogP) is 3.50. The molecule has 1 saturated heterocycles. The van der Waals surface area contributed by atoms with Crippen LogP contribution in [0.25, 0.3) is 0 Å². The maximum absolute atomic E-state index is 13.0. The summed E-state index contributed by atoms with van der Waals surface area (Å²) in [6, 6.07) is 0.654. The number of Topliss-reactive ketones (excluding diaryl/α,β-unsaturated/α-hetero) is 1. The van der Waals surface area contributed by atoms with Crippen molar-refractivity contribution >= 4 is 5.78 Å². The molecule has 5 aliphatic rings. The topological polar surface area (TPSA) is 20.3 Å². The Morgan fingerprint density at radius 1 is 1.05 bits per heavy atom. The molecule has 2 heteroatoms. The van der Waals surface area contributed by atoms with Gasteiger partial charge in [-0.1, -0.05) is 0 Å². The van der Waals surface area contributed by atoms with Crippen molar-refractivity contribution in [3.8, 4) is 0 Å². The molecule has 0 aromatic heterocycles. The van der Waals surface area contributed by atoms with Crippen LogP contribution < -0.4 is 0 Å². The SMILES string of the molecule is CC(C)N1CC(CC(=O)C23CC4CC(CC(C4)C2)C3)C1. The summed E-state index contributed by atoms with van der Waals surface area (Å²) >= 11 is 0. The van der Waals surface area contributed by atoms with Crippen molar-refractivity contribution in [2.75, 3.05) is 13.1 Å². The molecule has 0 atom stereocenters. The van der Waals surface area contributed by atoms with E-state index in [1.807, 2.05) is 0 Å². The van der Waals surface area contributed by atoms with Gasteiger partial charge in [-0.25, -0.2) is 0 Å². The lowest BCUT2D eigenvalue weighted by Crippen LogP contribution is -2.54. The highest BCUT2D eigenvalue weighted by atomic mass is 16.1. The number of carbonyl (C=O) groups is 1. The molecule has 1 aliphatic heterocycles. The Morgan fingerprint density at radius 2 is 1.55 bits per heavy atom. The summed E-state index contributed by atoms with van der Waals surface area (Å²) in [5, 5.41) is 0. The highest BCUT2D eigenvalue weighted by molar-refractivity contribution is 5.85. The van der Waals surface area contributed by atoms with E-state index >= 15 is 0 Å². The first-order valence-corrected chi connectivity index (χ1v) is 8.81. The summed E-state index contributed by atoms with van der Waals surface area (Å²) in [6.07, 6.45) is 8.95. The summed E-state index contributed by atoms with van der Waals surface area (Å²) in [5.74, 6) is 4.03. The first-order chi connectivity index (χ1) is 9.54. The molecular weight excluding hydrogens is 246 g/mol. The van der Waals surface area contributed by atoms with Gasteiger partial charge >= 0.3 is 0 Å². The summed E-state index contributed by atoms with van der Waals surface area (Å²) in [5.41, 5.74) is 0.146. The van der Waals surface area contributed by atoms with E-state index in [9.17, 15) is 4.79 Å². The van der Waals surface area contributed by atoms with Crippen molar-refractivity contribution < 1.29 is 4.79 Å². The number of ketones is 1. The predicted molar refractivity (Wildman–Crippen MR) is 80.4 cm³/mol. The molecule has 5 fully saturated rings. The number of hydrogen-bond donors (Lipinski definition) is 0. The van der Waals surface area contributed by atoms with Gasteiger partial charge in [-0.05, 0) is 76.0 Å². The van der Waals surface area contributed by atoms with Gasteiger partial charge in [-0.2, -0.15) is 0 Å². The minimum atomic E-state index is 0.146. The van der Waals surface area contributed by atoms with E-state index in [-0.39, 0.29) is 5.41 Å².